The van der Waals surface area contributed by atoms with E-state index in [-0.39, 0.29) is 29.7 Å². The maximum Gasteiger partial charge on any atom is 0.233 e. The second-order valence-electron chi connectivity index (χ2n) is 4.91. The maximum atomic E-state index is 12.3. The summed E-state index contributed by atoms with van der Waals surface area (Å²) in [5.74, 6) is -0.389. The molecule has 0 bridgehead atoms. The van der Waals surface area contributed by atoms with Crippen LogP contribution in [0.1, 0.15) is 31.4 Å². The number of hydrogen-bond donors (Lipinski definition) is 1. The normalized spacial score (nSPS) is 28.6. The molecule has 1 aromatic heterocycles. The largest absolute Gasteiger partial charge is 0.285 e. The molecule has 0 spiro atoms. The molecular formula is C13H15N3O2. The Morgan fingerprint density at radius 3 is 2.39 bits per heavy atom. The first-order chi connectivity index (χ1) is 8.70. The molecule has 0 aromatic carbocycles. The summed E-state index contributed by atoms with van der Waals surface area (Å²) in [6.45, 7) is 1.87. The van der Waals surface area contributed by atoms with Crippen molar-refractivity contribution >= 4 is 11.8 Å². The van der Waals surface area contributed by atoms with Gasteiger partial charge < -0.3 is 0 Å². The molecule has 1 aliphatic heterocycles. The fraction of sp³-hybridized carbons (Fsp3) is 0.462. The molecule has 3 unspecified atom stereocenters. The third-order valence-corrected chi connectivity index (χ3v) is 3.93. The van der Waals surface area contributed by atoms with Gasteiger partial charge in [0.05, 0.1) is 24.1 Å². The number of allylic oxidation sites excluding steroid dienone is 2. The third-order valence-electron chi connectivity index (χ3n) is 3.93. The highest BCUT2D eigenvalue weighted by molar-refractivity contribution is 6.05. The van der Waals surface area contributed by atoms with Crippen LogP contribution in [0.2, 0.25) is 0 Å². The number of likely N-dealkylation sites (tertiary alicyclic amines) is 1. The van der Waals surface area contributed by atoms with Crippen molar-refractivity contribution in [1.29, 1.82) is 0 Å². The monoisotopic (exact) mass is 245 g/mol. The second kappa shape index (κ2) is 4.08. The molecule has 3 rings (SSSR count). The van der Waals surface area contributed by atoms with Gasteiger partial charge in [-0.15, -0.1) is 0 Å². The maximum absolute atomic E-state index is 12.3. The molecule has 2 amide bonds. The van der Waals surface area contributed by atoms with E-state index in [1.165, 1.54) is 4.90 Å². The van der Waals surface area contributed by atoms with Crippen LogP contribution in [0.25, 0.3) is 0 Å². The second-order valence-corrected chi connectivity index (χ2v) is 4.91. The van der Waals surface area contributed by atoms with Gasteiger partial charge in [-0.25, -0.2) is 0 Å². The van der Waals surface area contributed by atoms with Gasteiger partial charge in [-0.05, 0) is 19.8 Å². The molecule has 2 aliphatic rings. The Hall–Kier alpha value is -1.91. The van der Waals surface area contributed by atoms with Crippen molar-refractivity contribution in [3.8, 4) is 0 Å². The number of imide groups is 1. The number of fused-ring (bicyclic) bond motifs is 1. The van der Waals surface area contributed by atoms with Gasteiger partial charge in [0.15, 0.2) is 0 Å². The van der Waals surface area contributed by atoms with Gasteiger partial charge in [0, 0.05) is 11.8 Å². The van der Waals surface area contributed by atoms with Gasteiger partial charge in [-0.2, -0.15) is 5.10 Å². The predicted molar refractivity (Wildman–Crippen MR) is 64.2 cm³/mol. The lowest BCUT2D eigenvalue weighted by atomic mass is 9.85. The third kappa shape index (κ3) is 1.50. The lowest BCUT2D eigenvalue weighted by molar-refractivity contribution is -0.142. The number of amides is 2. The zero-order chi connectivity index (χ0) is 12.7. The number of carbonyl (C=O) groups excluding carboxylic acids is 2. The van der Waals surface area contributed by atoms with Crippen molar-refractivity contribution in [3.63, 3.8) is 0 Å². The minimum Gasteiger partial charge on any atom is -0.285 e. The summed E-state index contributed by atoms with van der Waals surface area (Å²) in [4.78, 5) is 26.1. The summed E-state index contributed by atoms with van der Waals surface area (Å²) >= 11 is 0. The van der Waals surface area contributed by atoms with Gasteiger partial charge in [0.1, 0.15) is 0 Å². The summed E-state index contributed by atoms with van der Waals surface area (Å²) in [7, 11) is 0. The number of H-pyrrole nitrogens is 1. The average Bonchev–Trinajstić information content (AvgIpc) is 2.99. The van der Waals surface area contributed by atoms with E-state index in [0.29, 0.717) is 12.8 Å². The lowest BCUT2D eigenvalue weighted by Gasteiger charge is -2.21. The molecular weight excluding hydrogens is 230 g/mol. The van der Waals surface area contributed by atoms with Crippen LogP contribution in [0.5, 0.6) is 0 Å². The summed E-state index contributed by atoms with van der Waals surface area (Å²) < 4.78 is 0. The fourth-order valence-corrected chi connectivity index (χ4v) is 2.85. The van der Waals surface area contributed by atoms with Crippen molar-refractivity contribution in [2.24, 2.45) is 11.8 Å². The molecule has 1 aliphatic carbocycles. The van der Waals surface area contributed by atoms with E-state index < -0.39 is 0 Å². The van der Waals surface area contributed by atoms with Crippen LogP contribution >= 0.6 is 0 Å². The minimum atomic E-state index is -0.241. The smallest absolute Gasteiger partial charge is 0.233 e. The molecule has 1 N–H and O–H groups in total. The number of nitrogens with one attached hydrogen (secondary N) is 1. The first-order valence-electron chi connectivity index (χ1n) is 6.20. The predicted octanol–water partition coefficient (Wildman–Crippen LogP) is 1.42. The summed E-state index contributed by atoms with van der Waals surface area (Å²) in [6, 6.07) is -0.241. The molecule has 0 radical (unpaired) electrons. The van der Waals surface area contributed by atoms with Crippen molar-refractivity contribution in [2.75, 3.05) is 0 Å². The van der Waals surface area contributed by atoms with Gasteiger partial charge in [-0.3, -0.25) is 19.6 Å². The average molecular weight is 245 g/mol. The van der Waals surface area contributed by atoms with Gasteiger partial charge in [0.25, 0.3) is 0 Å². The number of aromatic amines is 1. The summed E-state index contributed by atoms with van der Waals surface area (Å²) in [6.07, 6.45) is 8.75. The van der Waals surface area contributed by atoms with Crippen LogP contribution in [-0.4, -0.2) is 26.9 Å². The zero-order valence-electron chi connectivity index (χ0n) is 10.2. The number of carbonyl (C=O) groups is 2. The molecule has 5 heteroatoms. The standard InChI is InChI=1S/C13H15N3O2/c1-8(9-6-14-15-7-9)16-12(17)10-4-2-3-5-11(10)13(16)18/h2-3,6-8,10-11H,4-5H2,1H3,(H,14,15). The number of nitrogens with zero attached hydrogens (tertiary/aromatic N) is 2. The van der Waals surface area contributed by atoms with Crippen LogP contribution in [0.3, 0.4) is 0 Å². The van der Waals surface area contributed by atoms with E-state index in [0.717, 1.165) is 5.56 Å². The summed E-state index contributed by atoms with van der Waals surface area (Å²) in [5.41, 5.74) is 0.864. The first-order valence-corrected chi connectivity index (χ1v) is 6.20. The quantitative estimate of drug-likeness (QED) is 0.633. The highest BCUT2D eigenvalue weighted by Gasteiger charge is 2.49. The Bertz CT molecular complexity index is 480. The van der Waals surface area contributed by atoms with E-state index in [1.807, 2.05) is 19.1 Å². The fourth-order valence-electron chi connectivity index (χ4n) is 2.85. The SMILES string of the molecule is CC(c1cn[nH]c1)N1C(=O)C2CC=CCC2C1=O. The van der Waals surface area contributed by atoms with Gasteiger partial charge >= 0.3 is 0 Å². The first kappa shape index (κ1) is 11.2. The van der Waals surface area contributed by atoms with Gasteiger partial charge in [0.2, 0.25) is 11.8 Å². The molecule has 1 aromatic rings. The number of rotatable bonds is 2. The van der Waals surface area contributed by atoms with E-state index in [2.05, 4.69) is 10.2 Å². The molecule has 1 saturated heterocycles. The number of hydrogen-bond acceptors (Lipinski definition) is 3. The van der Waals surface area contributed by atoms with Crippen LogP contribution < -0.4 is 0 Å². The molecule has 2 heterocycles. The Balaban J connectivity index is 1.90. The lowest BCUT2D eigenvalue weighted by Crippen LogP contribution is -2.33. The molecule has 18 heavy (non-hydrogen) atoms. The molecule has 94 valence electrons. The zero-order valence-corrected chi connectivity index (χ0v) is 10.2. The Kier molecular flexibility index (Phi) is 2.54. The van der Waals surface area contributed by atoms with Crippen LogP contribution in [0, 0.1) is 11.8 Å². The van der Waals surface area contributed by atoms with Crippen LogP contribution in [0.15, 0.2) is 24.5 Å². The Morgan fingerprint density at radius 2 is 1.89 bits per heavy atom. The van der Waals surface area contributed by atoms with Crippen LogP contribution in [-0.2, 0) is 9.59 Å². The van der Waals surface area contributed by atoms with Gasteiger partial charge in [-0.1, -0.05) is 12.2 Å². The topological polar surface area (TPSA) is 66.1 Å². The Labute approximate surface area is 105 Å². The van der Waals surface area contributed by atoms with Crippen molar-refractivity contribution < 1.29 is 9.59 Å². The molecule has 1 fully saturated rings. The van der Waals surface area contributed by atoms with E-state index in [9.17, 15) is 9.59 Å². The van der Waals surface area contributed by atoms with E-state index in [4.69, 9.17) is 0 Å². The van der Waals surface area contributed by atoms with Crippen molar-refractivity contribution in [1.82, 2.24) is 15.1 Å². The molecule has 0 saturated carbocycles. The number of aromatic nitrogens is 2. The van der Waals surface area contributed by atoms with Crippen molar-refractivity contribution in [2.45, 2.75) is 25.8 Å². The van der Waals surface area contributed by atoms with E-state index in [1.54, 1.807) is 12.4 Å². The van der Waals surface area contributed by atoms with E-state index >= 15 is 0 Å². The molecule has 3 atom stereocenters. The highest BCUT2D eigenvalue weighted by atomic mass is 16.2. The van der Waals surface area contributed by atoms with Crippen LogP contribution in [0.4, 0.5) is 0 Å². The van der Waals surface area contributed by atoms with Crippen molar-refractivity contribution in [3.05, 3.63) is 30.1 Å². The minimum absolute atomic E-state index is 0.0388. The Morgan fingerprint density at radius 1 is 1.28 bits per heavy atom. The summed E-state index contributed by atoms with van der Waals surface area (Å²) in [5, 5.41) is 6.58. The molecule has 5 nitrogen and oxygen atoms in total. The highest BCUT2D eigenvalue weighted by Crippen LogP contribution is 2.38.